The Morgan fingerprint density at radius 1 is 0.493 bits per heavy atom. The molecule has 0 saturated heterocycles. The molecule has 0 fully saturated rings. The van der Waals surface area contributed by atoms with Crippen molar-refractivity contribution in [1.82, 2.24) is 24.8 Å². The summed E-state index contributed by atoms with van der Waals surface area (Å²) in [5, 5.41) is 7.56. The quantitative estimate of drug-likeness (QED) is 0.113. The predicted octanol–water partition coefficient (Wildman–Crippen LogP) is 13.4. The molecule has 0 bridgehead atoms. The molecule has 11 heteroatoms. The van der Waals surface area contributed by atoms with E-state index in [0.29, 0.717) is 35.3 Å². The van der Waals surface area contributed by atoms with Crippen LogP contribution in [0, 0.1) is 30.2 Å². The van der Waals surface area contributed by atoms with Gasteiger partial charge < -0.3 is 19.8 Å². The number of aryl methyl sites for hydroxylation is 1. The molecular weight excluding hydrogens is 875 g/mol. The van der Waals surface area contributed by atoms with E-state index in [0.717, 1.165) is 85.3 Å². The summed E-state index contributed by atoms with van der Waals surface area (Å²) in [7, 11) is 0. The molecule has 2 N–H and O–H groups in total. The van der Waals surface area contributed by atoms with Crippen molar-refractivity contribution in [2.75, 3.05) is 0 Å². The first-order valence-electron chi connectivity index (χ1n) is 23.0. The molecule has 0 saturated carbocycles. The van der Waals surface area contributed by atoms with Crippen LogP contribution >= 0.6 is 0 Å². The zero-order valence-electron chi connectivity index (χ0n) is 39.2. The smallest absolute Gasteiger partial charge is 0.254 e. The number of benzene rings is 6. The second-order valence-electron chi connectivity index (χ2n) is 17.8. The molecule has 9 rings (SSSR count). The van der Waals surface area contributed by atoms with Gasteiger partial charge in [0, 0.05) is 71.8 Å². The molecule has 0 aliphatic rings. The topological polar surface area (TPSA) is 80.9 Å². The number of halogens is 4. The van der Waals surface area contributed by atoms with Gasteiger partial charge in [0.1, 0.15) is 0 Å². The van der Waals surface area contributed by atoms with Crippen molar-refractivity contribution in [3.05, 3.63) is 232 Å². The lowest BCUT2D eigenvalue weighted by atomic mass is 10.0. The van der Waals surface area contributed by atoms with Crippen LogP contribution < -0.4 is 10.6 Å². The van der Waals surface area contributed by atoms with Gasteiger partial charge >= 0.3 is 0 Å². The molecule has 350 valence electrons. The van der Waals surface area contributed by atoms with Gasteiger partial charge in [-0.15, -0.1) is 0 Å². The summed E-state index contributed by atoms with van der Waals surface area (Å²) < 4.78 is 58.3. The second kappa shape index (κ2) is 21.0. The van der Waals surface area contributed by atoms with Crippen molar-refractivity contribution < 1.29 is 27.2 Å². The van der Waals surface area contributed by atoms with E-state index in [2.05, 4.69) is 88.8 Å². The highest BCUT2D eigenvalue weighted by atomic mass is 19.2. The zero-order valence-corrected chi connectivity index (χ0v) is 39.2. The van der Waals surface area contributed by atoms with Gasteiger partial charge in [0.15, 0.2) is 23.3 Å². The largest absolute Gasteiger partial charge is 0.348 e. The Bertz CT molecular complexity index is 3270. The number of nitrogens with one attached hydrogen (secondary N) is 2. The SMILES string of the molecule is CC(C)c1c(C(=O)NCc2ccc(F)c(F)c2)c2ccc(-c3ccncc3)cc2n1Cc1ccccc1.Cc1ccc2c(C(=O)NCc3ccc(F)c(F)c3)c(C(C)C)n(Cc3ccccc3)c2c1. The monoisotopic (exact) mass is 927 g/mol. The van der Waals surface area contributed by atoms with E-state index in [1.54, 1.807) is 12.4 Å². The molecule has 9 aromatic rings. The van der Waals surface area contributed by atoms with Gasteiger partial charge in [-0.05, 0) is 106 Å². The number of carbonyl (C=O) groups excluding carboxylic acids is 2. The molecule has 7 nitrogen and oxygen atoms in total. The van der Waals surface area contributed by atoms with Crippen molar-refractivity contribution >= 4 is 33.6 Å². The van der Waals surface area contributed by atoms with Gasteiger partial charge in [0.05, 0.1) is 11.1 Å². The summed E-state index contributed by atoms with van der Waals surface area (Å²) in [4.78, 5) is 31.1. The predicted molar refractivity (Wildman–Crippen MR) is 266 cm³/mol. The van der Waals surface area contributed by atoms with Gasteiger partial charge in [-0.25, -0.2) is 17.6 Å². The average Bonchev–Trinajstić information content (AvgIpc) is 3.85. The Morgan fingerprint density at radius 2 is 0.942 bits per heavy atom. The summed E-state index contributed by atoms with van der Waals surface area (Å²) in [6, 6.07) is 43.8. The Labute approximate surface area is 399 Å². The minimum atomic E-state index is -0.933. The zero-order chi connectivity index (χ0) is 48.8. The van der Waals surface area contributed by atoms with Gasteiger partial charge in [-0.3, -0.25) is 14.6 Å². The van der Waals surface area contributed by atoms with Gasteiger partial charge in [-0.1, -0.05) is 125 Å². The minimum Gasteiger partial charge on any atom is -0.348 e. The first-order valence-corrected chi connectivity index (χ1v) is 23.0. The molecule has 0 unspecified atom stereocenters. The highest BCUT2D eigenvalue weighted by Gasteiger charge is 2.27. The number of hydrogen-bond acceptors (Lipinski definition) is 3. The summed E-state index contributed by atoms with van der Waals surface area (Å²) in [6.07, 6.45) is 3.53. The highest BCUT2D eigenvalue weighted by Crippen LogP contribution is 2.36. The number of hydrogen-bond donors (Lipinski definition) is 2. The van der Waals surface area contributed by atoms with Crippen molar-refractivity contribution in [3.8, 4) is 11.1 Å². The highest BCUT2D eigenvalue weighted by molar-refractivity contribution is 6.10. The summed E-state index contributed by atoms with van der Waals surface area (Å²) in [5.41, 5.74) is 11.6. The standard InChI is InChI=1S/C31H27F2N3O.C27H26F2N2O/c1-20(2)30-29(31(37)35-18-22-8-11-26(32)27(33)16-22)25-10-9-24(23-12-14-34-15-13-23)17-28(25)36(30)19-21-6-4-3-5-7-21;1-17(2)26-25(27(32)30-15-20-10-12-22(28)23(29)14-20)21-11-9-18(3)13-24(21)31(26)16-19-7-5-4-6-8-19/h3-17,20H,18-19H2,1-2H3,(H,35,37);4-14,17H,15-16H2,1-3H3,(H,30,32). The number of nitrogens with zero attached hydrogens (tertiary/aromatic N) is 3. The van der Waals surface area contributed by atoms with Crippen LogP contribution in [0.1, 0.15) is 99.5 Å². The molecule has 3 heterocycles. The molecule has 0 aliphatic carbocycles. The van der Waals surface area contributed by atoms with Crippen LogP contribution in [0.15, 0.2) is 158 Å². The summed E-state index contributed by atoms with van der Waals surface area (Å²) >= 11 is 0. The molecule has 3 aromatic heterocycles. The molecule has 0 radical (unpaired) electrons. The lowest BCUT2D eigenvalue weighted by molar-refractivity contribution is 0.0942. The minimum absolute atomic E-state index is 0.0597. The van der Waals surface area contributed by atoms with Crippen LogP contribution in [0.4, 0.5) is 17.6 Å². The molecule has 0 aliphatic heterocycles. The molecule has 0 spiro atoms. The van der Waals surface area contributed by atoms with E-state index in [1.807, 2.05) is 79.7 Å². The normalized spacial score (nSPS) is 11.3. The number of aromatic nitrogens is 3. The van der Waals surface area contributed by atoms with Crippen molar-refractivity contribution in [2.45, 2.75) is 72.6 Å². The molecular formula is C58H53F4N5O2. The number of fused-ring (bicyclic) bond motifs is 2. The fourth-order valence-electron chi connectivity index (χ4n) is 8.96. The summed E-state index contributed by atoms with van der Waals surface area (Å²) in [6.45, 7) is 11.8. The van der Waals surface area contributed by atoms with Crippen LogP contribution in [0.2, 0.25) is 0 Å². The van der Waals surface area contributed by atoms with Crippen molar-refractivity contribution in [2.24, 2.45) is 0 Å². The number of pyridine rings is 1. The lowest BCUT2D eigenvalue weighted by Gasteiger charge is -2.16. The molecule has 6 aromatic carbocycles. The van der Waals surface area contributed by atoms with E-state index < -0.39 is 23.3 Å². The van der Waals surface area contributed by atoms with E-state index in [1.165, 1.54) is 12.1 Å². The van der Waals surface area contributed by atoms with Crippen LogP contribution in [0.25, 0.3) is 32.9 Å². The van der Waals surface area contributed by atoms with Crippen molar-refractivity contribution in [1.29, 1.82) is 0 Å². The van der Waals surface area contributed by atoms with Gasteiger partial charge in [-0.2, -0.15) is 0 Å². The first-order chi connectivity index (χ1) is 33.3. The van der Waals surface area contributed by atoms with Crippen LogP contribution in [-0.2, 0) is 26.2 Å². The summed E-state index contributed by atoms with van der Waals surface area (Å²) in [5.74, 6) is -3.97. The fraction of sp³-hybridized carbons (Fsp3) is 0.190. The molecule has 69 heavy (non-hydrogen) atoms. The van der Waals surface area contributed by atoms with E-state index in [9.17, 15) is 27.2 Å². The van der Waals surface area contributed by atoms with Crippen LogP contribution in [0.3, 0.4) is 0 Å². The third kappa shape index (κ3) is 10.7. The maximum atomic E-state index is 13.7. The Morgan fingerprint density at radius 3 is 1.39 bits per heavy atom. The Hall–Kier alpha value is -7.79. The fourth-order valence-corrected chi connectivity index (χ4v) is 8.96. The lowest BCUT2D eigenvalue weighted by Crippen LogP contribution is -2.24. The number of rotatable bonds is 13. The average molecular weight is 928 g/mol. The van der Waals surface area contributed by atoms with E-state index in [-0.39, 0.29) is 36.7 Å². The van der Waals surface area contributed by atoms with Gasteiger partial charge in [0.2, 0.25) is 0 Å². The Balaban J connectivity index is 0.000000188. The second-order valence-corrected chi connectivity index (χ2v) is 17.8. The molecule has 2 amide bonds. The number of amides is 2. The third-order valence-corrected chi connectivity index (χ3v) is 12.2. The van der Waals surface area contributed by atoms with Crippen LogP contribution in [0.5, 0.6) is 0 Å². The van der Waals surface area contributed by atoms with Crippen molar-refractivity contribution in [3.63, 3.8) is 0 Å². The van der Waals surface area contributed by atoms with E-state index >= 15 is 0 Å². The van der Waals surface area contributed by atoms with Crippen LogP contribution in [-0.4, -0.2) is 25.9 Å². The Kier molecular flexibility index (Phi) is 14.5. The molecule has 0 atom stereocenters. The maximum Gasteiger partial charge on any atom is 0.254 e. The van der Waals surface area contributed by atoms with Gasteiger partial charge in [0.25, 0.3) is 11.8 Å². The maximum absolute atomic E-state index is 13.7. The first kappa shape index (κ1) is 47.7. The van der Waals surface area contributed by atoms with E-state index in [4.69, 9.17) is 0 Å². The third-order valence-electron chi connectivity index (χ3n) is 12.2. The number of carbonyl (C=O) groups is 2.